The number of likely N-dealkylation sites (tertiary alicyclic amines) is 1. The van der Waals surface area contributed by atoms with Crippen molar-refractivity contribution in [2.45, 2.75) is 31.0 Å². The fourth-order valence-corrected chi connectivity index (χ4v) is 4.77. The summed E-state index contributed by atoms with van der Waals surface area (Å²) in [5.74, 6) is -0.164. The molecule has 2 aromatic carbocycles. The van der Waals surface area contributed by atoms with Crippen molar-refractivity contribution in [3.05, 3.63) is 82.4 Å². The van der Waals surface area contributed by atoms with Crippen LogP contribution in [-0.4, -0.2) is 50.8 Å². The number of hydrogen-bond acceptors (Lipinski definition) is 8. The molecule has 0 spiro atoms. The van der Waals surface area contributed by atoms with Crippen LogP contribution in [0.3, 0.4) is 0 Å². The first kappa shape index (κ1) is 22.5. The van der Waals surface area contributed by atoms with Crippen LogP contribution in [0, 0.1) is 10.1 Å². The summed E-state index contributed by atoms with van der Waals surface area (Å²) < 4.78 is 11.1. The van der Waals surface area contributed by atoms with Gasteiger partial charge in [-0.3, -0.25) is 19.9 Å². The quantitative estimate of drug-likeness (QED) is 0.183. The number of carbonyl (C=O) groups excluding carboxylic acids is 2. The monoisotopic (exact) mass is 467 g/mol. The third kappa shape index (κ3) is 4.75. The third-order valence-corrected chi connectivity index (χ3v) is 6.42. The smallest absolute Gasteiger partial charge is 0.333 e. The van der Waals surface area contributed by atoms with Crippen molar-refractivity contribution in [1.29, 1.82) is 0 Å². The van der Waals surface area contributed by atoms with E-state index in [9.17, 15) is 19.7 Å². The van der Waals surface area contributed by atoms with E-state index >= 15 is 0 Å². The summed E-state index contributed by atoms with van der Waals surface area (Å²) in [6, 6.07) is 13.5. The summed E-state index contributed by atoms with van der Waals surface area (Å²) in [5.41, 5.74) is 1.03. The Kier molecular flexibility index (Phi) is 6.45. The molecule has 9 nitrogen and oxygen atoms in total. The van der Waals surface area contributed by atoms with Crippen LogP contribution < -0.4 is 4.74 Å². The zero-order chi connectivity index (χ0) is 23.5. The van der Waals surface area contributed by atoms with Crippen LogP contribution in [-0.2, 0) is 20.9 Å². The Morgan fingerprint density at radius 3 is 2.55 bits per heavy atom. The molecule has 170 valence electrons. The van der Waals surface area contributed by atoms with Crippen molar-refractivity contribution in [2.24, 2.45) is 4.99 Å². The second-order valence-electron chi connectivity index (χ2n) is 7.60. The van der Waals surface area contributed by atoms with Crippen molar-refractivity contribution < 1.29 is 24.0 Å². The molecule has 1 saturated heterocycles. The molecule has 4 rings (SSSR count). The number of fused-ring (bicyclic) bond motifs is 1. The first-order valence-corrected chi connectivity index (χ1v) is 11.0. The lowest BCUT2D eigenvalue weighted by molar-refractivity contribution is -0.384. The van der Waals surface area contributed by atoms with Gasteiger partial charge in [-0.15, -0.1) is 0 Å². The van der Waals surface area contributed by atoms with Crippen LogP contribution in [0.1, 0.15) is 12.5 Å². The molecule has 2 aliphatic rings. The summed E-state index contributed by atoms with van der Waals surface area (Å²) in [6.07, 6.45) is 0. The Hall–Kier alpha value is -3.66. The summed E-state index contributed by atoms with van der Waals surface area (Å²) in [4.78, 5) is 41.7. The molecular formula is C23H21N3O6S. The van der Waals surface area contributed by atoms with Gasteiger partial charge < -0.3 is 14.4 Å². The highest BCUT2D eigenvalue weighted by Gasteiger charge is 2.56. The van der Waals surface area contributed by atoms with Gasteiger partial charge >= 0.3 is 5.97 Å². The van der Waals surface area contributed by atoms with E-state index in [1.54, 1.807) is 6.92 Å². The van der Waals surface area contributed by atoms with Crippen LogP contribution in [0.2, 0.25) is 0 Å². The molecule has 2 heterocycles. The third-order valence-electron chi connectivity index (χ3n) is 5.19. The van der Waals surface area contributed by atoms with E-state index < -0.39 is 23.0 Å². The molecular weight excluding hydrogens is 446 g/mol. The number of nitro groups is 1. The van der Waals surface area contributed by atoms with Crippen molar-refractivity contribution >= 4 is 34.4 Å². The highest BCUT2D eigenvalue weighted by Crippen LogP contribution is 2.41. The molecule has 3 atom stereocenters. The van der Waals surface area contributed by atoms with Gasteiger partial charge in [0.1, 0.15) is 29.4 Å². The minimum atomic E-state index is -0.936. The van der Waals surface area contributed by atoms with Gasteiger partial charge in [0.15, 0.2) is 12.1 Å². The maximum atomic E-state index is 12.8. The second kappa shape index (κ2) is 9.45. The van der Waals surface area contributed by atoms with E-state index in [0.29, 0.717) is 21.9 Å². The standard InChI is InChI=1S/C23H21N3O6S/c1-14(2)20(23(28)32-12-15-8-10-16(11-9-15)26(29)30)25-21(27)19-22(25)33-18(24-19)13-31-17-6-4-3-5-7-17/h3-11,19-20,22H,1,12-13H2,2H3/t19-,20-,22-/m1/s1. The topological polar surface area (TPSA) is 111 Å². The zero-order valence-corrected chi connectivity index (χ0v) is 18.6. The molecule has 0 unspecified atom stereocenters. The molecule has 2 aliphatic heterocycles. The molecule has 33 heavy (non-hydrogen) atoms. The molecule has 0 aliphatic carbocycles. The highest BCUT2D eigenvalue weighted by molar-refractivity contribution is 8.15. The molecule has 0 N–H and O–H groups in total. The summed E-state index contributed by atoms with van der Waals surface area (Å²) in [7, 11) is 0. The SMILES string of the molecule is C=C(C)[C@H](C(=O)OCc1ccc([N+](=O)[O-])cc1)N1C(=O)[C@H]2N=C(COc3ccccc3)S[C@H]21. The fourth-order valence-electron chi connectivity index (χ4n) is 3.54. The van der Waals surface area contributed by atoms with Crippen molar-refractivity contribution in [2.75, 3.05) is 6.61 Å². The Labute approximate surface area is 194 Å². The number of hydrogen-bond donors (Lipinski definition) is 0. The average molecular weight is 468 g/mol. The van der Waals surface area contributed by atoms with Gasteiger partial charge in [0.25, 0.3) is 11.6 Å². The van der Waals surface area contributed by atoms with Gasteiger partial charge in [0, 0.05) is 12.1 Å². The number of para-hydroxylation sites is 1. The number of non-ortho nitro benzene ring substituents is 1. The number of carbonyl (C=O) groups is 2. The predicted molar refractivity (Wildman–Crippen MR) is 123 cm³/mol. The first-order chi connectivity index (χ1) is 15.8. The minimum Gasteiger partial charge on any atom is -0.487 e. The molecule has 2 aromatic rings. The number of nitro benzene ring substituents is 1. The van der Waals surface area contributed by atoms with Gasteiger partial charge in [0.2, 0.25) is 0 Å². The zero-order valence-electron chi connectivity index (χ0n) is 17.7. The Morgan fingerprint density at radius 1 is 1.21 bits per heavy atom. The number of β-lactam (4-membered cyclic amide) rings is 1. The van der Waals surface area contributed by atoms with Crippen LogP contribution >= 0.6 is 11.8 Å². The van der Waals surface area contributed by atoms with E-state index in [2.05, 4.69) is 11.6 Å². The van der Waals surface area contributed by atoms with Gasteiger partial charge in [-0.25, -0.2) is 4.79 Å². The number of aliphatic imine (C=N–C) groups is 1. The fraction of sp³-hybridized carbons (Fsp3) is 0.261. The van der Waals surface area contributed by atoms with E-state index in [4.69, 9.17) is 9.47 Å². The van der Waals surface area contributed by atoms with Gasteiger partial charge in [-0.2, -0.15) is 0 Å². The van der Waals surface area contributed by atoms with Crippen molar-refractivity contribution in [3.63, 3.8) is 0 Å². The Morgan fingerprint density at radius 2 is 1.91 bits per heavy atom. The summed E-state index contributed by atoms with van der Waals surface area (Å²) in [5, 5.41) is 11.1. The predicted octanol–water partition coefficient (Wildman–Crippen LogP) is 3.34. The normalized spacial score (nSPS) is 19.7. The van der Waals surface area contributed by atoms with Crippen LogP contribution in [0.25, 0.3) is 0 Å². The molecule has 0 saturated carbocycles. The maximum absolute atomic E-state index is 12.8. The number of benzene rings is 2. The van der Waals surface area contributed by atoms with Crippen molar-refractivity contribution in [1.82, 2.24) is 4.90 Å². The van der Waals surface area contributed by atoms with Gasteiger partial charge in [0.05, 0.1) is 4.92 Å². The molecule has 1 amide bonds. The number of rotatable bonds is 9. The average Bonchev–Trinajstić information content (AvgIpc) is 3.19. The number of ether oxygens (including phenoxy) is 2. The van der Waals surface area contributed by atoms with E-state index in [-0.39, 0.29) is 30.2 Å². The molecule has 10 heteroatoms. The summed E-state index contributed by atoms with van der Waals surface area (Å²) >= 11 is 1.39. The number of thioether (sulfide) groups is 1. The van der Waals surface area contributed by atoms with E-state index in [1.807, 2.05) is 30.3 Å². The number of amides is 1. The summed E-state index contributed by atoms with van der Waals surface area (Å²) in [6.45, 7) is 5.70. The lowest BCUT2D eigenvalue weighted by Crippen LogP contribution is -2.66. The Balaban J connectivity index is 1.36. The lowest BCUT2D eigenvalue weighted by atomic mass is 10.00. The largest absolute Gasteiger partial charge is 0.487 e. The number of nitrogens with zero attached hydrogens (tertiary/aromatic N) is 3. The minimum absolute atomic E-state index is 0.0487. The van der Waals surface area contributed by atoms with E-state index in [1.165, 1.54) is 40.9 Å². The highest BCUT2D eigenvalue weighted by atomic mass is 32.2. The molecule has 0 bridgehead atoms. The maximum Gasteiger partial charge on any atom is 0.333 e. The van der Waals surface area contributed by atoms with Crippen LogP contribution in [0.15, 0.2) is 71.7 Å². The van der Waals surface area contributed by atoms with Gasteiger partial charge in [-0.05, 0) is 42.3 Å². The molecule has 0 aromatic heterocycles. The van der Waals surface area contributed by atoms with Crippen molar-refractivity contribution in [3.8, 4) is 5.75 Å². The number of esters is 1. The van der Waals surface area contributed by atoms with E-state index in [0.717, 1.165) is 0 Å². The van der Waals surface area contributed by atoms with Gasteiger partial charge in [-0.1, -0.05) is 36.5 Å². The lowest BCUT2D eigenvalue weighted by Gasteiger charge is -2.45. The second-order valence-corrected chi connectivity index (χ2v) is 8.79. The Bertz CT molecular complexity index is 1120. The van der Waals surface area contributed by atoms with Crippen LogP contribution in [0.4, 0.5) is 5.69 Å². The molecule has 1 fully saturated rings. The molecule has 0 radical (unpaired) electrons. The first-order valence-electron chi connectivity index (χ1n) is 10.1. The van der Waals surface area contributed by atoms with Crippen LogP contribution in [0.5, 0.6) is 5.75 Å².